The molecular formula is C27H32N2O3. The lowest BCUT2D eigenvalue weighted by Crippen LogP contribution is -2.49. The Morgan fingerprint density at radius 1 is 0.969 bits per heavy atom. The number of ether oxygens (including phenoxy) is 1. The molecule has 1 N–H and O–H groups in total. The van der Waals surface area contributed by atoms with Crippen molar-refractivity contribution in [1.82, 2.24) is 10.2 Å². The predicted octanol–water partition coefficient (Wildman–Crippen LogP) is 4.72. The van der Waals surface area contributed by atoms with E-state index in [1.165, 1.54) is 10.8 Å². The number of fused-ring (bicyclic) bond motifs is 1. The van der Waals surface area contributed by atoms with Gasteiger partial charge in [0.25, 0.3) is 0 Å². The second-order valence-corrected chi connectivity index (χ2v) is 7.83. The maximum atomic E-state index is 13.4. The number of hydrogen-bond donors (Lipinski definition) is 1. The van der Waals surface area contributed by atoms with Gasteiger partial charge in [0.15, 0.2) is 0 Å². The lowest BCUT2D eigenvalue weighted by Gasteiger charge is -2.30. The first-order valence-electron chi connectivity index (χ1n) is 11.2. The van der Waals surface area contributed by atoms with Crippen LogP contribution in [0.5, 0.6) is 5.75 Å². The molecule has 2 amide bonds. The second kappa shape index (κ2) is 11.3. The van der Waals surface area contributed by atoms with E-state index in [9.17, 15) is 9.59 Å². The summed E-state index contributed by atoms with van der Waals surface area (Å²) in [6.45, 7) is 4.75. The maximum absolute atomic E-state index is 13.4. The molecule has 0 aromatic heterocycles. The Kier molecular flexibility index (Phi) is 8.26. The van der Waals surface area contributed by atoms with Crippen LogP contribution in [0.1, 0.15) is 37.8 Å². The number of amides is 2. The van der Waals surface area contributed by atoms with Gasteiger partial charge in [-0.2, -0.15) is 0 Å². The molecule has 0 radical (unpaired) electrons. The number of carbonyl (C=O) groups excluding carboxylic acids is 2. The number of methoxy groups -OCH3 is 1. The van der Waals surface area contributed by atoms with E-state index in [1.54, 1.807) is 12.0 Å². The third-order valence-electron chi connectivity index (χ3n) is 5.74. The first-order chi connectivity index (χ1) is 15.6. The topological polar surface area (TPSA) is 58.6 Å². The van der Waals surface area contributed by atoms with E-state index < -0.39 is 6.04 Å². The highest BCUT2D eigenvalue weighted by Crippen LogP contribution is 2.22. The zero-order chi connectivity index (χ0) is 22.9. The van der Waals surface area contributed by atoms with Crippen LogP contribution in [0.3, 0.4) is 0 Å². The Morgan fingerprint density at radius 3 is 2.38 bits per heavy atom. The number of hydrogen-bond acceptors (Lipinski definition) is 3. The fraction of sp³-hybridized carbons (Fsp3) is 0.333. The molecule has 3 aromatic rings. The number of benzene rings is 3. The lowest BCUT2D eigenvalue weighted by molar-refractivity contribution is -0.141. The molecule has 0 spiro atoms. The van der Waals surface area contributed by atoms with E-state index in [2.05, 4.69) is 29.6 Å². The third kappa shape index (κ3) is 5.67. The fourth-order valence-corrected chi connectivity index (χ4v) is 4.03. The molecule has 0 saturated heterocycles. The summed E-state index contributed by atoms with van der Waals surface area (Å²) in [6, 6.07) is 21.5. The van der Waals surface area contributed by atoms with Gasteiger partial charge in [0, 0.05) is 19.5 Å². The maximum Gasteiger partial charge on any atom is 0.242 e. The number of nitrogens with zero attached hydrogens (tertiary/aromatic N) is 1. The van der Waals surface area contributed by atoms with E-state index in [0.717, 1.165) is 16.9 Å². The number of likely N-dealkylation sites (N-methyl/N-ethyl adjacent to an activating group) is 1. The molecule has 1 atom stereocenters. The van der Waals surface area contributed by atoms with Crippen molar-refractivity contribution in [1.29, 1.82) is 0 Å². The second-order valence-electron chi connectivity index (χ2n) is 7.83. The summed E-state index contributed by atoms with van der Waals surface area (Å²) in [5, 5.41) is 5.22. The van der Waals surface area contributed by atoms with Crippen molar-refractivity contribution in [3.05, 3.63) is 77.9 Å². The number of carbonyl (C=O) groups is 2. The Morgan fingerprint density at radius 2 is 1.69 bits per heavy atom. The van der Waals surface area contributed by atoms with Crippen LogP contribution >= 0.6 is 0 Å². The van der Waals surface area contributed by atoms with Gasteiger partial charge < -0.3 is 15.0 Å². The van der Waals surface area contributed by atoms with Gasteiger partial charge in [-0.05, 0) is 53.8 Å². The highest BCUT2D eigenvalue weighted by molar-refractivity contribution is 5.89. The highest BCUT2D eigenvalue weighted by Gasteiger charge is 2.28. The van der Waals surface area contributed by atoms with Gasteiger partial charge in [0.1, 0.15) is 11.8 Å². The minimum atomic E-state index is -0.503. The molecule has 3 aromatic carbocycles. The van der Waals surface area contributed by atoms with E-state index in [1.807, 2.05) is 56.3 Å². The van der Waals surface area contributed by atoms with Crippen molar-refractivity contribution in [2.24, 2.45) is 0 Å². The predicted molar refractivity (Wildman–Crippen MR) is 129 cm³/mol. The zero-order valence-electron chi connectivity index (χ0n) is 19.1. The van der Waals surface area contributed by atoms with E-state index in [-0.39, 0.29) is 11.8 Å². The Labute approximate surface area is 190 Å². The summed E-state index contributed by atoms with van der Waals surface area (Å²) in [6.07, 6.45) is 1.53. The van der Waals surface area contributed by atoms with Crippen molar-refractivity contribution in [3.8, 4) is 5.75 Å². The van der Waals surface area contributed by atoms with E-state index in [4.69, 9.17) is 4.74 Å². The van der Waals surface area contributed by atoms with Gasteiger partial charge >= 0.3 is 0 Å². The Hall–Kier alpha value is -3.34. The minimum absolute atomic E-state index is 0.0214. The molecule has 168 valence electrons. The van der Waals surface area contributed by atoms with Crippen LogP contribution in [-0.2, 0) is 22.6 Å². The van der Waals surface area contributed by atoms with Gasteiger partial charge in [-0.1, -0.05) is 61.5 Å². The van der Waals surface area contributed by atoms with Crippen LogP contribution in [0, 0.1) is 0 Å². The van der Waals surface area contributed by atoms with E-state index in [0.29, 0.717) is 32.4 Å². The van der Waals surface area contributed by atoms with Gasteiger partial charge in [0.05, 0.1) is 7.11 Å². The van der Waals surface area contributed by atoms with Crippen molar-refractivity contribution in [2.45, 2.75) is 45.7 Å². The fourth-order valence-electron chi connectivity index (χ4n) is 4.03. The molecule has 0 unspecified atom stereocenters. The smallest absolute Gasteiger partial charge is 0.242 e. The minimum Gasteiger partial charge on any atom is -0.497 e. The summed E-state index contributed by atoms with van der Waals surface area (Å²) in [5.41, 5.74) is 2.11. The molecule has 5 heteroatoms. The quantitative estimate of drug-likeness (QED) is 0.504. The zero-order valence-corrected chi connectivity index (χ0v) is 19.1. The largest absolute Gasteiger partial charge is 0.497 e. The Balaban J connectivity index is 1.81. The van der Waals surface area contributed by atoms with Crippen molar-refractivity contribution >= 4 is 22.6 Å². The van der Waals surface area contributed by atoms with Crippen LogP contribution in [0.15, 0.2) is 66.7 Å². The molecule has 0 saturated carbocycles. The van der Waals surface area contributed by atoms with Crippen molar-refractivity contribution in [3.63, 3.8) is 0 Å². The molecule has 5 nitrogen and oxygen atoms in total. The standard InChI is InChI=1S/C27H32N2O3/c1-4-25(27(31)28-5-2)29(19-20-13-16-23(32-3)17-14-20)26(30)18-15-22-11-8-10-21-9-6-7-12-24(21)22/h6-14,16-17,25H,4-5,15,18-19H2,1-3H3,(H,28,31)/t25-/m0/s1. The molecule has 32 heavy (non-hydrogen) atoms. The summed E-state index contributed by atoms with van der Waals surface area (Å²) < 4.78 is 5.24. The Bertz CT molecular complexity index is 1040. The van der Waals surface area contributed by atoms with Crippen LogP contribution in [0.4, 0.5) is 0 Å². The van der Waals surface area contributed by atoms with Crippen LogP contribution in [-0.4, -0.2) is 36.4 Å². The van der Waals surface area contributed by atoms with Crippen molar-refractivity contribution < 1.29 is 14.3 Å². The average Bonchev–Trinajstić information content (AvgIpc) is 2.83. The normalized spacial score (nSPS) is 11.7. The lowest BCUT2D eigenvalue weighted by atomic mass is 10.00. The molecule has 0 aliphatic rings. The monoisotopic (exact) mass is 432 g/mol. The molecule has 0 bridgehead atoms. The van der Waals surface area contributed by atoms with Crippen LogP contribution in [0.25, 0.3) is 10.8 Å². The number of rotatable bonds is 10. The van der Waals surface area contributed by atoms with E-state index >= 15 is 0 Å². The third-order valence-corrected chi connectivity index (χ3v) is 5.74. The molecule has 0 aliphatic carbocycles. The molecular weight excluding hydrogens is 400 g/mol. The van der Waals surface area contributed by atoms with Gasteiger partial charge in [-0.15, -0.1) is 0 Å². The van der Waals surface area contributed by atoms with Crippen LogP contribution in [0.2, 0.25) is 0 Å². The molecule has 3 rings (SSSR count). The van der Waals surface area contributed by atoms with Gasteiger partial charge in [-0.3, -0.25) is 9.59 Å². The molecule has 0 heterocycles. The summed E-state index contributed by atoms with van der Waals surface area (Å²) in [7, 11) is 1.63. The summed E-state index contributed by atoms with van der Waals surface area (Å²) >= 11 is 0. The first kappa shape index (κ1) is 23.3. The SMILES string of the molecule is CCNC(=O)[C@H](CC)N(Cc1ccc(OC)cc1)C(=O)CCc1cccc2ccccc12. The average molecular weight is 433 g/mol. The first-order valence-corrected chi connectivity index (χ1v) is 11.2. The summed E-state index contributed by atoms with van der Waals surface area (Å²) in [4.78, 5) is 27.9. The van der Waals surface area contributed by atoms with Gasteiger partial charge in [-0.25, -0.2) is 0 Å². The number of aryl methyl sites for hydroxylation is 1. The van der Waals surface area contributed by atoms with Crippen LogP contribution < -0.4 is 10.1 Å². The molecule has 0 aliphatic heterocycles. The molecule has 0 fully saturated rings. The highest BCUT2D eigenvalue weighted by atomic mass is 16.5. The van der Waals surface area contributed by atoms with Crippen molar-refractivity contribution in [2.75, 3.05) is 13.7 Å². The number of nitrogens with one attached hydrogen (secondary N) is 1. The van der Waals surface area contributed by atoms with Gasteiger partial charge in [0.2, 0.25) is 11.8 Å². The summed E-state index contributed by atoms with van der Waals surface area (Å²) in [5.74, 6) is 0.632.